The van der Waals surface area contributed by atoms with Crippen molar-refractivity contribution >= 4 is 17.7 Å². The fourth-order valence-corrected chi connectivity index (χ4v) is 3.49. The maximum atomic E-state index is 12.8. The fourth-order valence-electron chi connectivity index (χ4n) is 3.49. The van der Waals surface area contributed by atoms with Gasteiger partial charge in [0.25, 0.3) is 0 Å². The van der Waals surface area contributed by atoms with Crippen LogP contribution in [0.1, 0.15) is 58.8 Å². The summed E-state index contributed by atoms with van der Waals surface area (Å²) in [4.78, 5) is 40.9. The van der Waals surface area contributed by atoms with E-state index in [1.165, 1.54) is 6.92 Å². The predicted octanol–water partition coefficient (Wildman–Crippen LogP) is 1.84. The Morgan fingerprint density at radius 1 is 1.23 bits per heavy atom. The van der Waals surface area contributed by atoms with Crippen LogP contribution >= 0.6 is 0 Å². The topological polar surface area (TPSA) is 91.5 Å². The quantitative estimate of drug-likeness (QED) is 0.570. The van der Waals surface area contributed by atoms with Gasteiger partial charge in [0, 0.05) is 24.7 Å². The Bertz CT molecular complexity index is 673. The molecule has 1 aliphatic rings. The molecule has 1 fully saturated rings. The molecule has 0 saturated carbocycles. The first kappa shape index (κ1) is 20.2. The maximum Gasteiger partial charge on any atom is 0.355 e. The van der Waals surface area contributed by atoms with Gasteiger partial charge in [-0.3, -0.25) is 14.5 Å². The van der Waals surface area contributed by atoms with Crippen LogP contribution in [0, 0.1) is 19.8 Å². The molecule has 1 amide bonds. The fraction of sp³-hybridized carbons (Fsp3) is 0.632. The number of likely N-dealkylation sites (tertiary alicyclic amines) is 1. The summed E-state index contributed by atoms with van der Waals surface area (Å²) in [7, 11) is 0. The minimum atomic E-state index is -0.425. The van der Waals surface area contributed by atoms with Gasteiger partial charge in [0.05, 0.1) is 13.2 Å². The highest BCUT2D eigenvalue weighted by Gasteiger charge is 2.26. The van der Waals surface area contributed by atoms with E-state index in [0.29, 0.717) is 48.1 Å². The molecule has 1 aromatic rings. The average molecular weight is 363 g/mol. The number of esters is 1. The van der Waals surface area contributed by atoms with Crippen LogP contribution in [0.2, 0.25) is 0 Å². The zero-order valence-electron chi connectivity index (χ0n) is 16.1. The van der Waals surface area contributed by atoms with Crippen LogP contribution < -0.4 is 5.32 Å². The lowest BCUT2D eigenvalue weighted by Crippen LogP contribution is -2.40. The highest BCUT2D eigenvalue weighted by Crippen LogP contribution is 2.21. The minimum absolute atomic E-state index is 0.00146. The monoisotopic (exact) mass is 363 g/mol. The van der Waals surface area contributed by atoms with Crippen LogP contribution in [0.25, 0.3) is 0 Å². The largest absolute Gasteiger partial charge is 0.461 e. The molecule has 7 nitrogen and oxygen atoms in total. The number of amides is 1. The van der Waals surface area contributed by atoms with Crippen LogP contribution in [0.4, 0.5) is 0 Å². The third-order valence-electron chi connectivity index (χ3n) is 4.91. The highest BCUT2D eigenvalue weighted by atomic mass is 16.5. The van der Waals surface area contributed by atoms with Crippen molar-refractivity contribution in [3.63, 3.8) is 0 Å². The number of hydrogen-bond acceptors (Lipinski definition) is 5. The molecule has 26 heavy (non-hydrogen) atoms. The Morgan fingerprint density at radius 2 is 1.88 bits per heavy atom. The highest BCUT2D eigenvalue weighted by molar-refractivity contribution is 6.03. The number of H-pyrrole nitrogens is 1. The van der Waals surface area contributed by atoms with Crippen LogP contribution in [0.15, 0.2) is 0 Å². The number of aromatic nitrogens is 1. The van der Waals surface area contributed by atoms with Gasteiger partial charge in [0.15, 0.2) is 5.78 Å². The van der Waals surface area contributed by atoms with E-state index in [1.807, 2.05) is 6.92 Å². The van der Waals surface area contributed by atoms with Gasteiger partial charge in [-0.05, 0) is 58.2 Å². The van der Waals surface area contributed by atoms with E-state index in [0.717, 1.165) is 25.9 Å². The number of carbonyl (C=O) groups is 3. The molecule has 0 aromatic carbocycles. The van der Waals surface area contributed by atoms with E-state index >= 15 is 0 Å². The summed E-state index contributed by atoms with van der Waals surface area (Å²) in [6.07, 6.45) is 1.93. The van der Waals surface area contributed by atoms with E-state index in [1.54, 1.807) is 13.8 Å². The molecule has 2 heterocycles. The number of piperidine rings is 1. The second kappa shape index (κ2) is 8.98. The molecule has 144 valence electrons. The van der Waals surface area contributed by atoms with E-state index in [4.69, 9.17) is 4.74 Å². The molecule has 1 saturated heterocycles. The van der Waals surface area contributed by atoms with Crippen molar-refractivity contribution in [3.8, 4) is 0 Å². The third kappa shape index (κ3) is 4.94. The van der Waals surface area contributed by atoms with Crippen molar-refractivity contribution < 1.29 is 19.1 Å². The van der Waals surface area contributed by atoms with Gasteiger partial charge in [0.1, 0.15) is 5.69 Å². The van der Waals surface area contributed by atoms with Gasteiger partial charge in [-0.15, -0.1) is 0 Å². The molecule has 7 heteroatoms. The molecule has 1 aliphatic heterocycles. The molecule has 1 aromatic heterocycles. The van der Waals surface area contributed by atoms with Crippen molar-refractivity contribution in [2.24, 2.45) is 5.92 Å². The number of rotatable bonds is 7. The van der Waals surface area contributed by atoms with Crippen LogP contribution in [-0.4, -0.2) is 60.3 Å². The number of hydrogen-bond donors (Lipinski definition) is 2. The summed E-state index contributed by atoms with van der Waals surface area (Å²) in [6, 6.07) is 0. The number of Topliss-reactive ketones (excluding diaryl/α,β-unsaturated/α-hetero) is 1. The second-order valence-corrected chi connectivity index (χ2v) is 6.93. The van der Waals surface area contributed by atoms with Gasteiger partial charge in [-0.25, -0.2) is 4.79 Å². The predicted molar refractivity (Wildman–Crippen MR) is 98.4 cm³/mol. The molecule has 0 aliphatic carbocycles. The smallest absolute Gasteiger partial charge is 0.355 e. The van der Waals surface area contributed by atoms with Gasteiger partial charge < -0.3 is 15.0 Å². The Labute approximate surface area is 154 Å². The lowest BCUT2D eigenvalue weighted by atomic mass is 9.96. The van der Waals surface area contributed by atoms with Crippen molar-refractivity contribution in [1.82, 2.24) is 15.2 Å². The Morgan fingerprint density at radius 3 is 2.46 bits per heavy atom. The van der Waals surface area contributed by atoms with E-state index in [9.17, 15) is 14.4 Å². The van der Waals surface area contributed by atoms with Crippen molar-refractivity contribution in [2.75, 3.05) is 32.8 Å². The number of aryl methyl sites for hydroxylation is 1. The van der Waals surface area contributed by atoms with Crippen molar-refractivity contribution in [3.05, 3.63) is 22.5 Å². The van der Waals surface area contributed by atoms with Crippen LogP contribution in [0.3, 0.4) is 0 Å². The number of carbonyl (C=O) groups excluding carboxylic acids is 3. The number of nitrogens with one attached hydrogen (secondary N) is 2. The first-order valence-corrected chi connectivity index (χ1v) is 9.19. The van der Waals surface area contributed by atoms with Gasteiger partial charge >= 0.3 is 5.97 Å². The average Bonchev–Trinajstić information content (AvgIpc) is 2.89. The van der Waals surface area contributed by atoms with Crippen LogP contribution in [0.5, 0.6) is 0 Å². The van der Waals surface area contributed by atoms with Gasteiger partial charge in [0.2, 0.25) is 5.91 Å². The second-order valence-electron chi connectivity index (χ2n) is 6.93. The molecule has 0 radical (unpaired) electrons. The molecule has 2 N–H and O–H groups in total. The number of ether oxygens (including phenoxy) is 1. The summed E-state index contributed by atoms with van der Waals surface area (Å²) < 4.78 is 5.04. The number of ketones is 1. The molecule has 0 unspecified atom stereocenters. The van der Waals surface area contributed by atoms with Crippen LogP contribution in [-0.2, 0) is 9.53 Å². The normalized spacial score (nSPS) is 15.7. The first-order valence-electron chi connectivity index (χ1n) is 9.19. The lowest BCUT2D eigenvalue weighted by Gasteiger charge is -2.31. The minimum Gasteiger partial charge on any atom is -0.461 e. The van der Waals surface area contributed by atoms with E-state index in [-0.39, 0.29) is 11.7 Å². The van der Waals surface area contributed by atoms with Gasteiger partial charge in [-0.1, -0.05) is 0 Å². The summed E-state index contributed by atoms with van der Waals surface area (Å²) in [5.74, 6) is 0.0628. The molecule has 0 spiro atoms. The zero-order chi connectivity index (χ0) is 19.3. The Kier molecular flexibility index (Phi) is 6.97. The summed E-state index contributed by atoms with van der Waals surface area (Å²) >= 11 is 0. The summed E-state index contributed by atoms with van der Waals surface area (Å²) in [5.41, 5.74) is 2.32. The lowest BCUT2D eigenvalue weighted by molar-refractivity contribution is -0.119. The van der Waals surface area contributed by atoms with E-state index < -0.39 is 5.97 Å². The van der Waals surface area contributed by atoms with E-state index in [2.05, 4.69) is 15.2 Å². The van der Waals surface area contributed by atoms with Crippen molar-refractivity contribution in [2.45, 2.75) is 40.5 Å². The Balaban J connectivity index is 1.95. The number of aromatic amines is 1. The Hall–Kier alpha value is -2.15. The maximum absolute atomic E-state index is 12.8. The third-order valence-corrected chi connectivity index (χ3v) is 4.91. The zero-order valence-corrected chi connectivity index (χ0v) is 16.1. The van der Waals surface area contributed by atoms with Gasteiger partial charge in [-0.2, -0.15) is 0 Å². The van der Waals surface area contributed by atoms with Crippen molar-refractivity contribution in [1.29, 1.82) is 0 Å². The summed E-state index contributed by atoms with van der Waals surface area (Å²) in [6.45, 7) is 9.89. The summed E-state index contributed by atoms with van der Waals surface area (Å²) in [5, 5.41) is 2.86. The molecular weight excluding hydrogens is 334 g/mol. The number of nitrogens with zero attached hydrogens (tertiary/aromatic N) is 1. The molecule has 2 rings (SSSR count). The SMILES string of the molecule is CCOC(=O)c1[nH]c(C)c(C(=O)CN2CCC(CNC(C)=O)CC2)c1C. The molecular formula is C19H29N3O4. The molecule has 0 atom stereocenters. The first-order chi connectivity index (χ1) is 12.3. The standard InChI is InChI=1S/C19H29N3O4/c1-5-26-19(25)18-12(2)17(13(3)21-18)16(24)11-22-8-6-15(7-9-22)10-20-14(4)23/h15,21H,5-11H2,1-4H3,(H,20,23). The molecule has 0 bridgehead atoms.